The Morgan fingerprint density at radius 1 is 1.00 bits per heavy atom. The van der Waals surface area contributed by atoms with Crippen LogP contribution in [0.4, 0.5) is 10.8 Å². The number of carbonyl (C=O) groups is 2. The Hall–Kier alpha value is -3.06. The molecule has 0 fully saturated rings. The van der Waals surface area contributed by atoms with Crippen molar-refractivity contribution in [3.8, 4) is 0 Å². The Labute approximate surface area is 149 Å². The molecule has 0 saturated heterocycles. The molecular formula is C18H16N4O2S. The lowest BCUT2D eigenvalue weighted by molar-refractivity contribution is 0.101. The summed E-state index contributed by atoms with van der Waals surface area (Å²) in [5.74, 6) is -0.635. The van der Waals surface area contributed by atoms with Crippen LogP contribution in [0.5, 0.6) is 0 Å². The highest BCUT2D eigenvalue weighted by Crippen LogP contribution is 2.16. The molecule has 25 heavy (non-hydrogen) atoms. The van der Waals surface area contributed by atoms with Crippen LogP contribution in [-0.4, -0.2) is 21.8 Å². The van der Waals surface area contributed by atoms with E-state index >= 15 is 0 Å². The minimum Gasteiger partial charge on any atom is -0.322 e. The van der Waals surface area contributed by atoms with Gasteiger partial charge < -0.3 is 5.32 Å². The number of anilines is 2. The number of hydrogen-bond donors (Lipinski definition) is 2. The van der Waals surface area contributed by atoms with E-state index in [1.165, 1.54) is 23.6 Å². The minimum absolute atomic E-state index is 0.222. The minimum atomic E-state index is -0.361. The predicted octanol–water partition coefficient (Wildman–Crippen LogP) is 3.66. The maximum atomic E-state index is 12.3. The zero-order chi connectivity index (χ0) is 17.8. The molecule has 2 heterocycles. The van der Waals surface area contributed by atoms with Gasteiger partial charge in [-0.05, 0) is 37.6 Å². The number of aryl methyl sites for hydroxylation is 2. The normalized spacial score (nSPS) is 10.3. The van der Waals surface area contributed by atoms with Gasteiger partial charge in [0.2, 0.25) is 0 Å². The standard InChI is InChI=1S/C18H16N4O2S/c1-11-5-3-4-6-14(11)21-16(23)13-7-8-15(19-9-13)17(24)22-18-20-12(2)10-25-18/h3-10H,1-2H3,(H,21,23)(H,20,22,24). The van der Waals surface area contributed by atoms with Crippen LogP contribution in [0, 0.1) is 13.8 Å². The number of rotatable bonds is 4. The quantitative estimate of drug-likeness (QED) is 0.750. The number of aromatic nitrogens is 2. The monoisotopic (exact) mass is 352 g/mol. The molecule has 7 heteroatoms. The van der Waals surface area contributed by atoms with Crippen molar-refractivity contribution in [3.05, 3.63) is 70.5 Å². The third-order valence-corrected chi connectivity index (χ3v) is 4.37. The third-order valence-electron chi connectivity index (χ3n) is 3.49. The van der Waals surface area contributed by atoms with Gasteiger partial charge in [-0.1, -0.05) is 18.2 Å². The lowest BCUT2D eigenvalue weighted by Crippen LogP contribution is -2.16. The van der Waals surface area contributed by atoms with E-state index in [9.17, 15) is 9.59 Å². The molecule has 0 aliphatic rings. The summed E-state index contributed by atoms with van der Waals surface area (Å²) in [5, 5.41) is 7.88. The first-order chi connectivity index (χ1) is 12.0. The number of para-hydroxylation sites is 1. The fourth-order valence-electron chi connectivity index (χ4n) is 2.14. The van der Waals surface area contributed by atoms with E-state index in [0.29, 0.717) is 10.7 Å². The molecule has 0 saturated carbocycles. The molecule has 3 rings (SSSR count). The Morgan fingerprint density at radius 2 is 1.80 bits per heavy atom. The van der Waals surface area contributed by atoms with Crippen LogP contribution in [0.25, 0.3) is 0 Å². The van der Waals surface area contributed by atoms with Crippen molar-refractivity contribution in [2.24, 2.45) is 0 Å². The van der Waals surface area contributed by atoms with Crippen molar-refractivity contribution in [3.63, 3.8) is 0 Å². The van der Waals surface area contributed by atoms with Gasteiger partial charge in [0.1, 0.15) is 5.69 Å². The number of amides is 2. The molecule has 0 atom stereocenters. The Morgan fingerprint density at radius 3 is 2.44 bits per heavy atom. The third kappa shape index (κ3) is 4.07. The highest BCUT2D eigenvalue weighted by Gasteiger charge is 2.12. The largest absolute Gasteiger partial charge is 0.322 e. The van der Waals surface area contributed by atoms with Crippen LogP contribution in [0.15, 0.2) is 48.0 Å². The first-order valence-electron chi connectivity index (χ1n) is 7.59. The number of carbonyl (C=O) groups excluding carboxylic acids is 2. The summed E-state index contributed by atoms with van der Waals surface area (Å²) in [6, 6.07) is 10.6. The van der Waals surface area contributed by atoms with E-state index in [1.807, 2.05) is 43.5 Å². The summed E-state index contributed by atoms with van der Waals surface area (Å²) in [7, 11) is 0. The van der Waals surface area contributed by atoms with Crippen LogP contribution < -0.4 is 10.6 Å². The van der Waals surface area contributed by atoms with Crippen LogP contribution in [-0.2, 0) is 0 Å². The molecule has 3 aromatic rings. The molecule has 0 aliphatic carbocycles. The smallest absolute Gasteiger partial charge is 0.276 e. The summed E-state index contributed by atoms with van der Waals surface area (Å²) in [6.07, 6.45) is 1.38. The molecule has 6 nitrogen and oxygen atoms in total. The van der Waals surface area contributed by atoms with Gasteiger partial charge in [0.25, 0.3) is 11.8 Å². The van der Waals surface area contributed by atoms with E-state index in [1.54, 1.807) is 6.07 Å². The number of hydrogen-bond acceptors (Lipinski definition) is 5. The first-order valence-corrected chi connectivity index (χ1v) is 8.47. The number of nitrogens with zero attached hydrogens (tertiary/aromatic N) is 2. The number of nitrogens with one attached hydrogen (secondary N) is 2. The second-order valence-corrected chi connectivity index (χ2v) is 6.31. The van der Waals surface area contributed by atoms with E-state index in [2.05, 4.69) is 20.6 Å². The van der Waals surface area contributed by atoms with Crippen LogP contribution in [0.1, 0.15) is 32.1 Å². The highest BCUT2D eigenvalue weighted by atomic mass is 32.1. The van der Waals surface area contributed by atoms with Gasteiger partial charge in [0.05, 0.1) is 11.3 Å². The number of thiazole rings is 1. The van der Waals surface area contributed by atoms with Gasteiger partial charge in [-0.2, -0.15) is 0 Å². The summed E-state index contributed by atoms with van der Waals surface area (Å²) >= 11 is 1.35. The van der Waals surface area contributed by atoms with E-state index in [-0.39, 0.29) is 17.5 Å². The van der Waals surface area contributed by atoms with Gasteiger partial charge in [-0.25, -0.2) is 4.98 Å². The number of pyridine rings is 1. The Bertz CT molecular complexity index is 919. The predicted molar refractivity (Wildman–Crippen MR) is 98.2 cm³/mol. The van der Waals surface area contributed by atoms with Crippen molar-refractivity contribution in [2.75, 3.05) is 10.6 Å². The van der Waals surface area contributed by atoms with Crippen molar-refractivity contribution in [1.29, 1.82) is 0 Å². The van der Waals surface area contributed by atoms with Crippen molar-refractivity contribution < 1.29 is 9.59 Å². The lowest BCUT2D eigenvalue weighted by atomic mass is 10.2. The molecule has 2 aromatic heterocycles. The van der Waals surface area contributed by atoms with Crippen molar-refractivity contribution in [2.45, 2.75) is 13.8 Å². The molecule has 0 aliphatic heterocycles. The van der Waals surface area contributed by atoms with Gasteiger partial charge >= 0.3 is 0 Å². The van der Waals surface area contributed by atoms with Crippen LogP contribution in [0.3, 0.4) is 0 Å². The average Bonchev–Trinajstić information content (AvgIpc) is 3.02. The Kier molecular flexibility index (Phi) is 4.85. The highest BCUT2D eigenvalue weighted by molar-refractivity contribution is 7.13. The summed E-state index contributed by atoms with van der Waals surface area (Å²) in [6.45, 7) is 3.77. The topological polar surface area (TPSA) is 84.0 Å². The molecular weight excluding hydrogens is 336 g/mol. The maximum Gasteiger partial charge on any atom is 0.276 e. The van der Waals surface area contributed by atoms with Gasteiger partial charge in [0.15, 0.2) is 5.13 Å². The summed E-state index contributed by atoms with van der Waals surface area (Å²) in [5.41, 5.74) is 3.16. The first kappa shape index (κ1) is 16.8. The lowest BCUT2D eigenvalue weighted by Gasteiger charge is -2.08. The Balaban J connectivity index is 1.68. The zero-order valence-electron chi connectivity index (χ0n) is 13.7. The molecule has 1 aromatic carbocycles. The fourth-order valence-corrected chi connectivity index (χ4v) is 2.83. The molecule has 2 N–H and O–H groups in total. The van der Waals surface area contributed by atoms with E-state index < -0.39 is 0 Å². The fraction of sp³-hybridized carbons (Fsp3) is 0.111. The molecule has 0 radical (unpaired) electrons. The molecule has 2 amide bonds. The van der Waals surface area contributed by atoms with Gasteiger partial charge in [0, 0.05) is 17.3 Å². The second kappa shape index (κ2) is 7.23. The molecule has 0 spiro atoms. The molecule has 0 bridgehead atoms. The molecule has 126 valence electrons. The summed E-state index contributed by atoms with van der Waals surface area (Å²) < 4.78 is 0. The number of benzene rings is 1. The van der Waals surface area contributed by atoms with Crippen LogP contribution >= 0.6 is 11.3 Å². The van der Waals surface area contributed by atoms with Crippen LogP contribution in [0.2, 0.25) is 0 Å². The average molecular weight is 352 g/mol. The van der Waals surface area contributed by atoms with E-state index in [0.717, 1.165) is 16.9 Å². The zero-order valence-corrected chi connectivity index (χ0v) is 14.6. The van der Waals surface area contributed by atoms with E-state index in [4.69, 9.17) is 0 Å². The van der Waals surface area contributed by atoms with Gasteiger partial charge in [-0.3, -0.25) is 19.9 Å². The van der Waals surface area contributed by atoms with Gasteiger partial charge in [-0.15, -0.1) is 11.3 Å². The van der Waals surface area contributed by atoms with Crippen molar-refractivity contribution in [1.82, 2.24) is 9.97 Å². The molecule has 0 unspecified atom stereocenters. The van der Waals surface area contributed by atoms with Crippen molar-refractivity contribution >= 4 is 34.0 Å². The maximum absolute atomic E-state index is 12.3. The summed E-state index contributed by atoms with van der Waals surface area (Å²) in [4.78, 5) is 32.7. The second-order valence-electron chi connectivity index (χ2n) is 5.45. The SMILES string of the molecule is Cc1csc(NC(=O)c2ccc(C(=O)Nc3ccccc3C)cn2)n1.